The van der Waals surface area contributed by atoms with Crippen LogP contribution in [0, 0.1) is 5.92 Å². The summed E-state index contributed by atoms with van der Waals surface area (Å²) in [5, 5.41) is 9.11. The van der Waals surface area contributed by atoms with Crippen LogP contribution in [0.3, 0.4) is 0 Å². The number of rotatable bonds is 2. The maximum atomic E-state index is 12.1. The number of fused-ring (bicyclic) bond motifs is 1. The van der Waals surface area contributed by atoms with Gasteiger partial charge >= 0.3 is 5.97 Å². The molecule has 0 aliphatic carbocycles. The molecule has 0 bridgehead atoms. The van der Waals surface area contributed by atoms with Crippen molar-refractivity contribution < 1.29 is 9.90 Å². The number of piperidine rings is 1. The Kier molecular flexibility index (Phi) is 3.14. The van der Waals surface area contributed by atoms with Crippen LogP contribution < -0.4 is 10.5 Å². The summed E-state index contributed by atoms with van der Waals surface area (Å²) in [5.41, 5.74) is 1.13. The SMILES string of the molecule is O=C(O)[C@@H]1CCCN(c2nc3ccccc3[nH]c2=O)C1. The van der Waals surface area contributed by atoms with Crippen molar-refractivity contribution in [3.05, 3.63) is 34.6 Å². The summed E-state index contributed by atoms with van der Waals surface area (Å²) in [6, 6.07) is 7.31. The Hall–Kier alpha value is -2.37. The number of carbonyl (C=O) groups is 1. The number of aromatic nitrogens is 2. The number of hydrogen-bond acceptors (Lipinski definition) is 4. The number of nitrogens with one attached hydrogen (secondary N) is 1. The van der Waals surface area contributed by atoms with Gasteiger partial charge in [-0.1, -0.05) is 12.1 Å². The van der Waals surface area contributed by atoms with E-state index in [1.165, 1.54) is 0 Å². The molecule has 1 saturated heterocycles. The Labute approximate surface area is 115 Å². The number of carboxylic acid groups (broad SMARTS) is 1. The molecule has 3 rings (SSSR count). The van der Waals surface area contributed by atoms with Crippen LogP contribution in [0.15, 0.2) is 29.1 Å². The number of para-hydroxylation sites is 2. The van der Waals surface area contributed by atoms with Crippen molar-refractivity contribution in [1.82, 2.24) is 9.97 Å². The lowest BCUT2D eigenvalue weighted by molar-refractivity contribution is -0.141. The lowest BCUT2D eigenvalue weighted by Crippen LogP contribution is -2.41. The first-order chi connectivity index (χ1) is 9.65. The number of aromatic amines is 1. The number of carboxylic acids is 1. The fourth-order valence-corrected chi connectivity index (χ4v) is 2.61. The maximum absolute atomic E-state index is 12.1. The van der Waals surface area contributed by atoms with Crippen LogP contribution in [-0.4, -0.2) is 34.1 Å². The molecule has 1 aromatic heterocycles. The molecule has 2 heterocycles. The fraction of sp³-hybridized carbons (Fsp3) is 0.357. The van der Waals surface area contributed by atoms with Crippen molar-refractivity contribution in [3.8, 4) is 0 Å². The number of anilines is 1. The van der Waals surface area contributed by atoms with Crippen LogP contribution in [0.1, 0.15) is 12.8 Å². The fourth-order valence-electron chi connectivity index (χ4n) is 2.61. The average Bonchev–Trinajstić information content (AvgIpc) is 2.46. The zero-order chi connectivity index (χ0) is 14.1. The van der Waals surface area contributed by atoms with Crippen LogP contribution in [0.2, 0.25) is 0 Å². The molecule has 6 nitrogen and oxygen atoms in total. The van der Waals surface area contributed by atoms with Gasteiger partial charge in [-0.25, -0.2) is 4.98 Å². The molecule has 20 heavy (non-hydrogen) atoms. The number of hydrogen-bond donors (Lipinski definition) is 2. The van der Waals surface area contributed by atoms with E-state index in [9.17, 15) is 9.59 Å². The molecule has 0 radical (unpaired) electrons. The third-order valence-electron chi connectivity index (χ3n) is 3.65. The summed E-state index contributed by atoms with van der Waals surface area (Å²) in [6.45, 7) is 1.00. The second kappa shape index (κ2) is 4.96. The zero-order valence-corrected chi connectivity index (χ0v) is 10.9. The Morgan fingerprint density at radius 3 is 3.00 bits per heavy atom. The van der Waals surface area contributed by atoms with Crippen molar-refractivity contribution >= 4 is 22.8 Å². The Balaban J connectivity index is 1.99. The highest BCUT2D eigenvalue weighted by molar-refractivity contribution is 5.75. The van der Waals surface area contributed by atoms with E-state index in [1.54, 1.807) is 11.0 Å². The second-order valence-corrected chi connectivity index (χ2v) is 5.03. The van der Waals surface area contributed by atoms with Gasteiger partial charge in [0.1, 0.15) is 0 Å². The molecule has 0 spiro atoms. The van der Waals surface area contributed by atoms with E-state index in [4.69, 9.17) is 5.11 Å². The molecule has 1 aliphatic rings. The van der Waals surface area contributed by atoms with E-state index < -0.39 is 11.9 Å². The molecule has 0 saturated carbocycles. The second-order valence-electron chi connectivity index (χ2n) is 5.03. The monoisotopic (exact) mass is 273 g/mol. The van der Waals surface area contributed by atoms with Crippen molar-refractivity contribution in [2.24, 2.45) is 5.92 Å². The molecule has 1 atom stereocenters. The average molecular weight is 273 g/mol. The van der Waals surface area contributed by atoms with Gasteiger partial charge in [-0.15, -0.1) is 0 Å². The molecule has 2 N–H and O–H groups in total. The van der Waals surface area contributed by atoms with E-state index in [0.29, 0.717) is 36.4 Å². The zero-order valence-electron chi connectivity index (χ0n) is 10.9. The molecular formula is C14H15N3O3. The number of benzene rings is 1. The predicted molar refractivity (Wildman–Crippen MR) is 74.9 cm³/mol. The number of H-pyrrole nitrogens is 1. The van der Waals surface area contributed by atoms with E-state index >= 15 is 0 Å². The summed E-state index contributed by atoms with van der Waals surface area (Å²) < 4.78 is 0. The Morgan fingerprint density at radius 2 is 2.20 bits per heavy atom. The van der Waals surface area contributed by atoms with Crippen molar-refractivity contribution in [1.29, 1.82) is 0 Å². The first-order valence-corrected chi connectivity index (χ1v) is 6.62. The van der Waals surface area contributed by atoms with Crippen molar-refractivity contribution in [2.45, 2.75) is 12.8 Å². The van der Waals surface area contributed by atoms with Gasteiger partial charge in [0.05, 0.1) is 17.0 Å². The maximum Gasteiger partial charge on any atom is 0.308 e. The summed E-state index contributed by atoms with van der Waals surface area (Å²) in [7, 11) is 0. The quantitative estimate of drug-likeness (QED) is 0.859. The van der Waals surface area contributed by atoms with Crippen LogP contribution >= 0.6 is 0 Å². The third kappa shape index (κ3) is 2.24. The largest absolute Gasteiger partial charge is 0.481 e. The van der Waals surface area contributed by atoms with Gasteiger partial charge in [-0.2, -0.15) is 0 Å². The molecule has 1 aliphatic heterocycles. The van der Waals surface area contributed by atoms with Gasteiger partial charge in [0.2, 0.25) is 0 Å². The van der Waals surface area contributed by atoms with E-state index in [1.807, 2.05) is 18.2 Å². The molecule has 1 fully saturated rings. The van der Waals surface area contributed by atoms with Gasteiger partial charge in [0.25, 0.3) is 5.56 Å². The molecule has 6 heteroatoms. The number of nitrogens with zero attached hydrogens (tertiary/aromatic N) is 2. The minimum atomic E-state index is -0.813. The highest BCUT2D eigenvalue weighted by Gasteiger charge is 2.27. The minimum Gasteiger partial charge on any atom is -0.481 e. The summed E-state index contributed by atoms with van der Waals surface area (Å²) >= 11 is 0. The highest BCUT2D eigenvalue weighted by Crippen LogP contribution is 2.20. The van der Waals surface area contributed by atoms with Gasteiger partial charge in [0.15, 0.2) is 5.82 Å². The van der Waals surface area contributed by atoms with Gasteiger partial charge in [-0.05, 0) is 25.0 Å². The van der Waals surface area contributed by atoms with E-state index in [-0.39, 0.29) is 5.56 Å². The van der Waals surface area contributed by atoms with Crippen LogP contribution in [-0.2, 0) is 4.79 Å². The summed E-state index contributed by atoms with van der Waals surface area (Å²) in [4.78, 5) is 32.1. The Morgan fingerprint density at radius 1 is 1.40 bits per heavy atom. The lowest BCUT2D eigenvalue weighted by atomic mass is 9.98. The van der Waals surface area contributed by atoms with Gasteiger partial charge < -0.3 is 15.0 Å². The molecule has 104 valence electrons. The Bertz CT molecular complexity index is 710. The molecule has 0 unspecified atom stereocenters. The van der Waals surface area contributed by atoms with Crippen molar-refractivity contribution in [2.75, 3.05) is 18.0 Å². The lowest BCUT2D eigenvalue weighted by Gasteiger charge is -2.30. The predicted octanol–water partition coefficient (Wildman–Crippen LogP) is 1.22. The number of aliphatic carboxylic acids is 1. The first kappa shape index (κ1) is 12.7. The minimum absolute atomic E-state index is 0.269. The summed E-state index contributed by atoms with van der Waals surface area (Å²) in [6.07, 6.45) is 1.40. The van der Waals surface area contributed by atoms with Gasteiger partial charge in [-0.3, -0.25) is 9.59 Å². The topological polar surface area (TPSA) is 86.3 Å². The van der Waals surface area contributed by atoms with Crippen LogP contribution in [0.5, 0.6) is 0 Å². The highest BCUT2D eigenvalue weighted by atomic mass is 16.4. The molecule has 1 aromatic carbocycles. The molecule has 2 aromatic rings. The standard InChI is InChI=1S/C14H15N3O3/c18-13-12(15-10-5-1-2-6-11(10)16-13)17-7-3-4-9(8-17)14(19)20/h1-2,5-6,9H,3-4,7-8H2,(H,16,18)(H,19,20)/t9-/m1/s1. The smallest absolute Gasteiger partial charge is 0.308 e. The van der Waals surface area contributed by atoms with Gasteiger partial charge in [0, 0.05) is 13.1 Å². The first-order valence-electron chi connectivity index (χ1n) is 6.62. The summed E-state index contributed by atoms with van der Waals surface area (Å²) in [5.74, 6) is -0.932. The van der Waals surface area contributed by atoms with Crippen LogP contribution in [0.4, 0.5) is 5.82 Å². The molecule has 0 amide bonds. The van der Waals surface area contributed by atoms with Crippen molar-refractivity contribution in [3.63, 3.8) is 0 Å². The molecular weight excluding hydrogens is 258 g/mol. The van der Waals surface area contributed by atoms with Crippen LogP contribution in [0.25, 0.3) is 11.0 Å². The van der Waals surface area contributed by atoms with E-state index in [2.05, 4.69) is 9.97 Å². The third-order valence-corrected chi connectivity index (χ3v) is 3.65. The normalized spacial score (nSPS) is 19.2. The van der Waals surface area contributed by atoms with E-state index in [0.717, 1.165) is 6.42 Å².